The predicted molar refractivity (Wildman–Crippen MR) is 86.2 cm³/mol. The molecule has 5 heteroatoms. The van der Waals surface area contributed by atoms with Crippen molar-refractivity contribution < 1.29 is 4.79 Å². The van der Waals surface area contributed by atoms with Crippen molar-refractivity contribution in [2.24, 2.45) is 0 Å². The monoisotopic (exact) mass is 299 g/mol. The van der Waals surface area contributed by atoms with Crippen LogP contribution in [0.15, 0.2) is 23.0 Å². The quantitative estimate of drug-likeness (QED) is 0.925. The Labute approximate surface area is 129 Å². The Morgan fingerprint density at radius 2 is 2.09 bits per heavy atom. The highest BCUT2D eigenvalue weighted by Crippen LogP contribution is 2.16. The molecule has 116 valence electrons. The van der Waals surface area contributed by atoms with Gasteiger partial charge in [-0.25, -0.2) is 4.98 Å². The SMILES string of the molecule is CCNC(=O)c1ccc2c(=O)n3c(nc2c1)CCCCCC3. The molecule has 2 heterocycles. The van der Waals surface area contributed by atoms with E-state index in [0.29, 0.717) is 23.0 Å². The van der Waals surface area contributed by atoms with Gasteiger partial charge in [0.05, 0.1) is 10.9 Å². The van der Waals surface area contributed by atoms with Crippen molar-refractivity contribution in [3.63, 3.8) is 0 Å². The van der Waals surface area contributed by atoms with Gasteiger partial charge in [0, 0.05) is 25.1 Å². The lowest BCUT2D eigenvalue weighted by atomic mass is 10.1. The Balaban J connectivity index is 2.11. The van der Waals surface area contributed by atoms with Gasteiger partial charge >= 0.3 is 0 Å². The number of fused-ring (bicyclic) bond motifs is 2. The van der Waals surface area contributed by atoms with Crippen LogP contribution in [0.3, 0.4) is 0 Å². The van der Waals surface area contributed by atoms with E-state index in [1.54, 1.807) is 18.2 Å². The molecule has 0 unspecified atom stereocenters. The number of aromatic nitrogens is 2. The molecule has 0 radical (unpaired) electrons. The Bertz CT molecular complexity index is 764. The number of aryl methyl sites for hydroxylation is 1. The van der Waals surface area contributed by atoms with Crippen LogP contribution in [-0.4, -0.2) is 22.0 Å². The molecule has 22 heavy (non-hydrogen) atoms. The van der Waals surface area contributed by atoms with E-state index in [2.05, 4.69) is 10.3 Å². The predicted octanol–water partition coefficient (Wildman–Crippen LogP) is 2.26. The number of carbonyl (C=O) groups is 1. The minimum atomic E-state index is -0.127. The molecule has 5 nitrogen and oxygen atoms in total. The first-order valence-corrected chi connectivity index (χ1v) is 8.02. The Kier molecular flexibility index (Phi) is 4.22. The van der Waals surface area contributed by atoms with Gasteiger partial charge in [-0.05, 0) is 38.0 Å². The average molecular weight is 299 g/mol. The fraction of sp³-hybridized carbons (Fsp3) is 0.471. The van der Waals surface area contributed by atoms with Crippen LogP contribution in [0.5, 0.6) is 0 Å². The van der Waals surface area contributed by atoms with Crippen LogP contribution >= 0.6 is 0 Å². The minimum Gasteiger partial charge on any atom is -0.352 e. The molecule has 0 aliphatic carbocycles. The molecular formula is C17H21N3O2. The zero-order valence-corrected chi connectivity index (χ0v) is 12.9. The second kappa shape index (κ2) is 6.30. The van der Waals surface area contributed by atoms with E-state index >= 15 is 0 Å². The lowest BCUT2D eigenvalue weighted by molar-refractivity contribution is 0.0956. The second-order valence-corrected chi connectivity index (χ2v) is 5.74. The molecule has 2 aromatic rings. The molecule has 0 atom stereocenters. The van der Waals surface area contributed by atoms with Gasteiger partial charge in [-0.3, -0.25) is 14.2 Å². The van der Waals surface area contributed by atoms with Crippen LogP contribution in [0, 0.1) is 0 Å². The first-order valence-electron chi connectivity index (χ1n) is 8.02. The number of nitrogens with one attached hydrogen (secondary N) is 1. The van der Waals surface area contributed by atoms with E-state index in [0.717, 1.165) is 31.6 Å². The van der Waals surface area contributed by atoms with Crippen molar-refractivity contribution in [3.8, 4) is 0 Å². The summed E-state index contributed by atoms with van der Waals surface area (Å²) in [5.41, 5.74) is 1.20. The number of carbonyl (C=O) groups excluding carboxylic acids is 1. The van der Waals surface area contributed by atoms with Crippen LogP contribution in [0.25, 0.3) is 10.9 Å². The van der Waals surface area contributed by atoms with E-state index < -0.39 is 0 Å². The maximum absolute atomic E-state index is 12.7. The summed E-state index contributed by atoms with van der Waals surface area (Å²) in [5.74, 6) is 0.725. The van der Waals surface area contributed by atoms with Crippen molar-refractivity contribution in [3.05, 3.63) is 39.9 Å². The lowest BCUT2D eigenvalue weighted by Gasteiger charge is -2.16. The molecule has 0 saturated carbocycles. The molecule has 3 rings (SSSR count). The Hall–Kier alpha value is -2.17. The first-order chi connectivity index (χ1) is 10.7. The summed E-state index contributed by atoms with van der Waals surface area (Å²) < 4.78 is 1.81. The number of hydrogen-bond acceptors (Lipinski definition) is 3. The van der Waals surface area contributed by atoms with Crippen LogP contribution in [0.4, 0.5) is 0 Å². The number of benzene rings is 1. The lowest BCUT2D eigenvalue weighted by Crippen LogP contribution is -2.27. The molecule has 1 aromatic heterocycles. The second-order valence-electron chi connectivity index (χ2n) is 5.74. The molecule has 1 amide bonds. The van der Waals surface area contributed by atoms with Crippen LogP contribution in [0.2, 0.25) is 0 Å². The number of nitrogens with zero attached hydrogens (tertiary/aromatic N) is 2. The standard InChI is InChI=1S/C17H21N3O2/c1-2-18-16(21)12-8-9-13-14(11-12)19-15-7-5-3-4-6-10-20(15)17(13)22/h8-9,11H,2-7,10H2,1H3,(H,18,21). The van der Waals surface area contributed by atoms with Gasteiger partial charge in [0.2, 0.25) is 0 Å². The van der Waals surface area contributed by atoms with Crippen molar-refractivity contribution in [1.82, 2.24) is 14.9 Å². The van der Waals surface area contributed by atoms with E-state index in [1.807, 2.05) is 11.5 Å². The summed E-state index contributed by atoms with van der Waals surface area (Å²) >= 11 is 0. The minimum absolute atomic E-state index is 0.0179. The summed E-state index contributed by atoms with van der Waals surface area (Å²) in [5, 5.41) is 3.37. The molecule has 1 aliphatic rings. The molecule has 1 aliphatic heterocycles. The fourth-order valence-corrected chi connectivity index (χ4v) is 3.00. The zero-order valence-electron chi connectivity index (χ0n) is 12.9. The highest BCUT2D eigenvalue weighted by atomic mass is 16.1. The number of hydrogen-bond donors (Lipinski definition) is 1. The molecule has 1 N–H and O–H groups in total. The summed E-state index contributed by atoms with van der Waals surface area (Å²) in [6, 6.07) is 5.15. The zero-order chi connectivity index (χ0) is 15.5. The highest BCUT2D eigenvalue weighted by molar-refractivity contribution is 5.97. The van der Waals surface area contributed by atoms with Gasteiger partial charge in [0.1, 0.15) is 5.82 Å². The van der Waals surface area contributed by atoms with E-state index in [4.69, 9.17) is 0 Å². The summed E-state index contributed by atoms with van der Waals surface area (Å²) in [7, 11) is 0. The van der Waals surface area contributed by atoms with Gasteiger partial charge in [-0.2, -0.15) is 0 Å². The van der Waals surface area contributed by atoms with Crippen molar-refractivity contribution in [1.29, 1.82) is 0 Å². The first kappa shape index (κ1) is 14.8. The molecule has 0 bridgehead atoms. The largest absolute Gasteiger partial charge is 0.352 e. The molecule has 0 fully saturated rings. The van der Waals surface area contributed by atoms with Crippen LogP contribution < -0.4 is 10.9 Å². The molecule has 1 aromatic carbocycles. The van der Waals surface area contributed by atoms with Gasteiger partial charge in [0.25, 0.3) is 11.5 Å². The highest BCUT2D eigenvalue weighted by Gasteiger charge is 2.14. The van der Waals surface area contributed by atoms with E-state index in [9.17, 15) is 9.59 Å². The number of amides is 1. The molecular weight excluding hydrogens is 278 g/mol. The Morgan fingerprint density at radius 1 is 1.27 bits per heavy atom. The third-order valence-corrected chi connectivity index (χ3v) is 4.17. The normalized spacial score (nSPS) is 15.0. The fourth-order valence-electron chi connectivity index (χ4n) is 3.00. The molecule has 0 saturated heterocycles. The van der Waals surface area contributed by atoms with Crippen LogP contribution in [0.1, 0.15) is 48.8 Å². The van der Waals surface area contributed by atoms with Crippen LogP contribution in [-0.2, 0) is 13.0 Å². The summed E-state index contributed by atoms with van der Waals surface area (Å²) in [6.07, 6.45) is 5.27. The van der Waals surface area contributed by atoms with Gasteiger partial charge in [-0.15, -0.1) is 0 Å². The third-order valence-electron chi connectivity index (χ3n) is 4.17. The van der Waals surface area contributed by atoms with E-state index in [-0.39, 0.29) is 11.5 Å². The average Bonchev–Trinajstić information content (AvgIpc) is 2.49. The van der Waals surface area contributed by atoms with Gasteiger partial charge < -0.3 is 5.32 Å². The third kappa shape index (κ3) is 2.75. The summed E-state index contributed by atoms with van der Waals surface area (Å²) in [6.45, 7) is 3.21. The van der Waals surface area contributed by atoms with Gasteiger partial charge in [-0.1, -0.05) is 12.8 Å². The maximum Gasteiger partial charge on any atom is 0.261 e. The number of rotatable bonds is 2. The van der Waals surface area contributed by atoms with Crippen molar-refractivity contribution in [2.45, 2.75) is 45.6 Å². The maximum atomic E-state index is 12.7. The topological polar surface area (TPSA) is 64.0 Å². The smallest absolute Gasteiger partial charge is 0.261 e. The molecule has 0 spiro atoms. The van der Waals surface area contributed by atoms with Crippen molar-refractivity contribution in [2.75, 3.05) is 6.54 Å². The Morgan fingerprint density at radius 3 is 2.91 bits per heavy atom. The summed E-state index contributed by atoms with van der Waals surface area (Å²) in [4.78, 5) is 29.3. The van der Waals surface area contributed by atoms with E-state index in [1.165, 1.54) is 12.8 Å². The van der Waals surface area contributed by atoms with Crippen molar-refractivity contribution >= 4 is 16.8 Å². The van der Waals surface area contributed by atoms with Gasteiger partial charge in [0.15, 0.2) is 0 Å².